The number of fused-ring (bicyclic) bond motifs is 9. The van der Waals surface area contributed by atoms with Crippen LogP contribution in [0.1, 0.15) is 11.3 Å². The highest BCUT2D eigenvalue weighted by Gasteiger charge is 2.14. The van der Waals surface area contributed by atoms with Gasteiger partial charge in [0.25, 0.3) is 0 Å². The molecule has 3 heterocycles. The molecule has 0 saturated carbocycles. The lowest BCUT2D eigenvalue weighted by molar-refractivity contribution is 0.942. The molecule has 3 nitrogen and oxygen atoms in total. The topological polar surface area (TPSA) is 22.2 Å². The van der Waals surface area contributed by atoms with Gasteiger partial charge in [-0.3, -0.25) is 0 Å². The van der Waals surface area contributed by atoms with Crippen molar-refractivity contribution >= 4 is 49.0 Å². The minimum absolute atomic E-state index is 0.783. The summed E-state index contributed by atoms with van der Waals surface area (Å²) in [6, 6.07) is 45.6. The van der Waals surface area contributed by atoms with Gasteiger partial charge in [-0.2, -0.15) is 5.10 Å². The Kier molecular flexibility index (Phi) is 4.29. The molecule has 5 aromatic carbocycles. The summed E-state index contributed by atoms with van der Waals surface area (Å²) in [5.41, 5.74) is 8.28. The Morgan fingerprint density at radius 3 is 1.84 bits per heavy atom. The number of rotatable bonds is 3. The molecule has 37 heavy (non-hydrogen) atoms. The SMILES string of the molecule is c1ccc(-n2c3ccccc3c3cc(Cc4cc5c6ccccc6c6ccccc6n5n4)ccc32)cc1. The fourth-order valence-electron chi connectivity index (χ4n) is 5.91. The van der Waals surface area contributed by atoms with E-state index in [0.717, 1.165) is 23.1 Å². The third-order valence-corrected chi connectivity index (χ3v) is 7.52. The predicted molar refractivity (Wildman–Crippen MR) is 154 cm³/mol. The summed E-state index contributed by atoms with van der Waals surface area (Å²) in [5, 5.41) is 11.4. The quantitative estimate of drug-likeness (QED) is 0.236. The Labute approximate surface area is 213 Å². The zero-order valence-electron chi connectivity index (χ0n) is 20.2. The van der Waals surface area contributed by atoms with Gasteiger partial charge < -0.3 is 4.57 Å². The maximum absolute atomic E-state index is 5.09. The van der Waals surface area contributed by atoms with Crippen LogP contribution in [0, 0.1) is 0 Å². The zero-order chi connectivity index (χ0) is 24.3. The van der Waals surface area contributed by atoms with E-state index in [4.69, 9.17) is 5.10 Å². The van der Waals surface area contributed by atoms with Crippen molar-refractivity contribution < 1.29 is 0 Å². The van der Waals surface area contributed by atoms with Gasteiger partial charge in [0, 0.05) is 33.7 Å². The van der Waals surface area contributed by atoms with E-state index in [-0.39, 0.29) is 0 Å². The molecule has 0 bridgehead atoms. The van der Waals surface area contributed by atoms with Crippen molar-refractivity contribution in [2.45, 2.75) is 6.42 Å². The van der Waals surface area contributed by atoms with Gasteiger partial charge in [-0.05, 0) is 53.4 Å². The summed E-state index contributed by atoms with van der Waals surface area (Å²) in [7, 11) is 0. The number of pyridine rings is 1. The lowest BCUT2D eigenvalue weighted by Gasteiger charge is -2.07. The van der Waals surface area contributed by atoms with Crippen molar-refractivity contribution in [2.75, 3.05) is 0 Å². The maximum atomic E-state index is 5.09. The number of hydrogen-bond acceptors (Lipinski definition) is 1. The van der Waals surface area contributed by atoms with Crippen molar-refractivity contribution in [3.05, 3.63) is 139 Å². The third-order valence-electron chi connectivity index (χ3n) is 7.52. The fraction of sp³-hybridized carbons (Fsp3) is 0.0294. The van der Waals surface area contributed by atoms with E-state index >= 15 is 0 Å². The van der Waals surface area contributed by atoms with Crippen molar-refractivity contribution in [2.24, 2.45) is 0 Å². The molecule has 0 N–H and O–H groups in total. The molecule has 0 radical (unpaired) electrons. The van der Waals surface area contributed by atoms with Gasteiger partial charge in [-0.25, -0.2) is 4.52 Å². The van der Waals surface area contributed by atoms with Crippen molar-refractivity contribution in [1.82, 2.24) is 14.2 Å². The molecule has 0 aliphatic rings. The molecule has 0 amide bonds. The van der Waals surface area contributed by atoms with Crippen molar-refractivity contribution in [3.8, 4) is 5.69 Å². The first kappa shape index (κ1) is 20.3. The van der Waals surface area contributed by atoms with Crippen molar-refractivity contribution in [3.63, 3.8) is 0 Å². The molecular formula is C34H23N3. The molecule has 0 fully saturated rings. The second kappa shape index (κ2) is 7.81. The standard InChI is InChI=1S/C34H23N3/c1-2-10-25(11-3-1)36-31-16-8-6-15-29(31)30-21-23(18-19-32(30)36)20-24-22-34-28-14-5-4-12-26(28)27-13-7-9-17-33(27)37(34)35-24/h1-19,21-22H,20H2. The average molecular weight is 474 g/mol. The first-order valence-electron chi connectivity index (χ1n) is 12.7. The predicted octanol–water partition coefficient (Wildman–Crippen LogP) is 8.33. The number of benzene rings is 5. The molecule has 3 heteroatoms. The first-order valence-corrected chi connectivity index (χ1v) is 12.7. The largest absolute Gasteiger partial charge is 0.309 e. The highest BCUT2D eigenvalue weighted by Crippen LogP contribution is 2.34. The Morgan fingerprint density at radius 1 is 0.459 bits per heavy atom. The van der Waals surface area contributed by atoms with E-state index < -0.39 is 0 Å². The van der Waals surface area contributed by atoms with Crippen LogP contribution in [0.3, 0.4) is 0 Å². The van der Waals surface area contributed by atoms with Crippen molar-refractivity contribution in [1.29, 1.82) is 0 Å². The van der Waals surface area contributed by atoms with Gasteiger partial charge >= 0.3 is 0 Å². The molecule has 0 unspecified atom stereocenters. The van der Waals surface area contributed by atoms with E-state index in [9.17, 15) is 0 Å². The van der Waals surface area contributed by atoms with Gasteiger partial charge in [0.1, 0.15) is 0 Å². The molecule has 0 aliphatic heterocycles. The van der Waals surface area contributed by atoms with Crippen LogP contribution < -0.4 is 0 Å². The molecule has 0 aliphatic carbocycles. The molecule has 174 valence electrons. The molecular weight excluding hydrogens is 450 g/mol. The fourth-order valence-corrected chi connectivity index (χ4v) is 5.91. The second-order valence-corrected chi connectivity index (χ2v) is 9.71. The molecule has 0 atom stereocenters. The zero-order valence-corrected chi connectivity index (χ0v) is 20.2. The van der Waals surface area contributed by atoms with E-state index in [1.165, 1.54) is 49.2 Å². The minimum atomic E-state index is 0.783. The summed E-state index contributed by atoms with van der Waals surface area (Å²) >= 11 is 0. The summed E-state index contributed by atoms with van der Waals surface area (Å²) in [4.78, 5) is 0. The van der Waals surface area contributed by atoms with Crippen LogP contribution in [0.2, 0.25) is 0 Å². The highest BCUT2D eigenvalue weighted by molar-refractivity contribution is 6.12. The monoisotopic (exact) mass is 473 g/mol. The number of aromatic nitrogens is 3. The Bertz CT molecular complexity index is 2040. The van der Waals surface area contributed by atoms with Gasteiger partial charge in [0.05, 0.1) is 27.8 Å². The maximum Gasteiger partial charge on any atom is 0.0750 e. The highest BCUT2D eigenvalue weighted by atomic mass is 15.2. The van der Waals surface area contributed by atoms with E-state index in [2.05, 4.69) is 136 Å². The van der Waals surface area contributed by atoms with Crippen LogP contribution in [-0.2, 0) is 6.42 Å². The van der Waals surface area contributed by atoms with Crippen LogP contribution in [0.15, 0.2) is 127 Å². The number of para-hydroxylation sites is 3. The summed E-state index contributed by atoms with van der Waals surface area (Å²) < 4.78 is 4.48. The van der Waals surface area contributed by atoms with Crippen LogP contribution in [0.4, 0.5) is 0 Å². The van der Waals surface area contributed by atoms with E-state index in [1.54, 1.807) is 0 Å². The van der Waals surface area contributed by atoms with Gasteiger partial charge in [0.15, 0.2) is 0 Å². The Morgan fingerprint density at radius 2 is 1.05 bits per heavy atom. The Balaban J connectivity index is 1.30. The van der Waals surface area contributed by atoms with Gasteiger partial charge in [-0.1, -0.05) is 84.9 Å². The van der Waals surface area contributed by atoms with E-state index in [0.29, 0.717) is 0 Å². The Hall–Kier alpha value is -4.89. The second-order valence-electron chi connectivity index (χ2n) is 9.71. The van der Waals surface area contributed by atoms with Crippen LogP contribution in [-0.4, -0.2) is 14.2 Å². The van der Waals surface area contributed by atoms with Gasteiger partial charge in [0.2, 0.25) is 0 Å². The summed E-state index contributed by atoms with van der Waals surface area (Å²) in [6.07, 6.45) is 0.783. The van der Waals surface area contributed by atoms with Gasteiger partial charge in [-0.15, -0.1) is 0 Å². The normalized spacial score (nSPS) is 11.9. The van der Waals surface area contributed by atoms with Crippen LogP contribution in [0.25, 0.3) is 54.7 Å². The third kappa shape index (κ3) is 3.04. The average Bonchev–Trinajstić information content (AvgIpc) is 3.53. The number of hydrogen-bond donors (Lipinski definition) is 0. The lowest BCUT2D eigenvalue weighted by atomic mass is 10.0. The number of nitrogens with zero attached hydrogens (tertiary/aromatic N) is 3. The summed E-state index contributed by atoms with van der Waals surface area (Å²) in [5.74, 6) is 0. The van der Waals surface area contributed by atoms with Crippen LogP contribution >= 0.6 is 0 Å². The molecule has 3 aromatic heterocycles. The minimum Gasteiger partial charge on any atom is -0.309 e. The first-order chi connectivity index (χ1) is 18.3. The molecule has 8 rings (SSSR count). The van der Waals surface area contributed by atoms with E-state index in [1.807, 2.05) is 0 Å². The molecule has 8 aromatic rings. The molecule has 0 saturated heterocycles. The smallest absolute Gasteiger partial charge is 0.0750 e. The lowest BCUT2D eigenvalue weighted by Crippen LogP contribution is -1.95. The summed E-state index contributed by atoms with van der Waals surface area (Å²) in [6.45, 7) is 0. The van der Waals surface area contributed by atoms with Crippen LogP contribution in [0.5, 0.6) is 0 Å². The molecule has 0 spiro atoms.